The summed E-state index contributed by atoms with van der Waals surface area (Å²) in [5.41, 5.74) is 14.7. The molecule has 8 aromatic rings. The van der Waals surface area contributed by atoms with E-state index in [0.29, 0.717) is 0 Å². The fraction of sp³-hybridized carbons (Fsp3) is 0.130. The minimum Gasteiger partial charge on any atom is -0.307 e. The average molecular weight is 602 g/mol. The van der Waals surface area contributed by atoms with Crippen LogP contribution in [0.5, 0.6) is 0 Å². The van der Waals surface area contributed by atoms with Gasteiger partial charge in [0.25, 0.3) is 0 Å². The van der Waals surface area contributed by atoms with Gasteiger partial charge in [-0.05, 0) is 61.0 Å². The van der Waals surface area contributed by atoms with Gasteiger partial charge in [-0.1, -0.05) is 161 Å². The normalized spacial score (nSPS) is 15.1. The summed E-state index contributed by atoms with van der Waals surface area (Å²) in [5, 5.41) is 7.65. The Morgan fingerprint density at radius 3 is 1.43 bits per heavy atom. The number of benzene rings is 7. The van der Waals surface area contributed by atoms with Crippen molar-refractivity contribution < 1.29 is 0 Å². The van der Waals surface area contributed by atoms with E-state index in [-0.39, 0.29) is 10.8 Å². The molecule has 0 saturated heterocycles. The van der Waals surface area contributed by atoms with E-state index in [2.05, 4.69) is 172 Å². The zero-order chi connectivity index (χ0) is 31.7. The highest BCUT2D eigenvalue weighted by Gasteiger charge is 2.50. The summed E-state index contributed by atoms with van der Waals surface area (Å²) in [6.45, 7) is 9.72. The molecule has 2 aliphatic rings. The summed E-state index contributed by atoms with van der Waals surface area (Å²) in [5.74, 6) is 0. The molecule has 0 bridgehead atoms. The van der Waals surface area contributed by atoms with Crippen LogP contribution in [-0.4, -0.2) is 4.57 Å². The van der Waals surface area contributed by atoms with Gasteiger partial charge in [0.05, 0.1) is 17.1 Å². The minimum absolute atomic E-state index is 0.128. The van der Waals surface area contributed by atoms with Gasteiger partial charge in [0, 0.05) is 32.7 Å². The molecule has 0 atom stereocenters. The molecule has 10 rings (SSSR count). The lowest BCUT2D eigenvalue weighted by atomic mass is 9.74. The standard InChI is InChI=1S/C46H35N/c1-45(2)37-23-13-11-21-35(37)43-40(45)41-44(36-22-12-14-24-38(36)46(41,3)4)47(43)42-33-19-9-7-17-31(33)39(32-18-8-10-20-34(32)42)30-26-25-28-15-5-6-16-29(28)27-30/h5-27H,1-4H3. The lowest BCUT2D eigenvalue weighted by Crippen LogP contribution is -2.23. The number of nitrogens with zero attached hydrogens (tertiary/aromatic N) is 1. The first-order chi connectivity index (χ1) is 22.9. The van der Waals surface area contributed by atoms with Crippen LogP contribution in [0.4, 0.5) is 0 Å². The van der Waals surface area contributed by atoms with E-state index in [1.807, 2.05) is 0 Å². The first-order valence-electron chi connectivity index (χ1n) is 16.8. The van der Waals surface area contributed by atoms with Gasteiger partial charge in [-0.2, -0.15) is 0 Å². The summed E-state index contributed by atoms with van der Waals surface area (Å²) in [7, 11) is 0. The van der Waals surface area contributed by atoms with E-state index in [1.165, 1.54) is 93.9 Å². The third-order valence-electron chi connectivity index (χ3n) is 11.3. The van der Waals surface area contributed by atoms with Crippen LogP contribution in [0.3, 0.4) is 0 Å². The quantitative estimate of drug-likeness (QED) is 0.174. The third kappa shape index (κ3) is 3.34. The number of rotatable bonds is 2. The van der Waals surface area contributed by atoms with Crippen LogP contribution < -0.4 is 0 Å². The van der Waals surface area contributed by atoms with Gasteiger partial charge in [-0.25, -0.2) is 0 Å². The molecule has 0 amide bonds. The van der Waals surface area contributed by atoms with Crippen molar-refractivity contribution in [2.24, 2.45) is 0 Å². The molecule has 224 valence electrons. The van der Waals surface area contributed by atoms with Crippen molar-refractivity contribution in [2.75, 3.05) is 0 Å². The summed E-state index contributed by atoms with van der Waals surface area (Å²) >= 11 is 0. The zero-order valence-electron chi connectivity index (χ0n) is 27.2. The lowest BCUT2D eigenvalue weighted by molar-refractivity contribution is 0.603. The molecule has 0 unspecified atom stereocenters. The lowest BCUT2D eigenvalue weighted by Gasteiger charge is -2.28. The molecule has 47 heavy (non-hydrogen) atoms. The summed E-state index contributed by atoms with van der Waals surface area (Å²) < 4.78 is 2.68. The van der Waals surface area contributed by atoms with E-state index >= 15 is 0 Å². The van der Waals surface area contributed by atoms with Gasteiger partial charge in [0.2, 0.25) is 0 Å². The molecule has 1 heterocycles. The minimum atomic E-state index is -0.128. The highest BCUT2D eigenvalue weighted by atomic mass is 15.0. The Balaban J connectivity index is 1.42. The van der Waals surface area contributed by atoms with E-state index < -0.39 is 0 Å². The van der Waals surface area contributed by atoms with E-state index in [0.717, 1.165) is 0 Å². The van der Waals surface area contributed by atoms with Crippen LogP contribution in [0.25, 0.3) is 71.6 Å². The van der Waals surface area contributed by atoms with Crippen molar-refractivity contribution in [2.45, 2.75) is 38.5 Å². The molecule has 7 aromatic carbocycles. The predicted molar refractivity (Wildman–Crippen MR) is 199 cm³/mol. The second kappa shape index (κ2) is 9.11. The van der Waals surface area contributed by atoms with Gasteiger partial charge in [-0.15, -0.1) is 0 Å². The van der Waals surface area contributed by atoms with E-state index in [1.54, 1.807) is 0 Å². The molecule has 0 saturated carbocycles. The molecule has 1 nitrogen and oxygen atoms in total. The Morgan fingerprint density at radius 2 is 0.872 bits per heavy atom. The van der Waals surface area contributed by atoms with Gasteiger partial charge < -0.3 is 4.57 Å². The first-order valence-corrected chi connectivity index (χ1v) is 16.8. The van der Waals surface area contributed by atoms with Crippen LogP contribution >= 0.6 is 0 Å². The van der Waals surface area contributed by atoms with Crippen molar-refractivity contribution in [3.05, 3.63) is 162 Å². The van der Waals surface area contributed by atoms with Gasteiger partial charge in [0.1, 0.15) is 0 Å². The highest BCUT2D eigenvalue weighted by Crippen LogP contribution is 2.62. The molecule has 0 N–H and O–H groups in total. The number of hydrogen-bond donors (Lipinski definition) is 0. The summed E-state index contributed by atoms with van der Waals surface area (Å²) in [6, 6.07) is 52.0. The zero-order valence-corrected chi connectivity index (χ0v) is 27.2. The Labute approximate surface area is 275 Å². The maximum Gasteiger partial charge on any atom is 0.0619 e. The van der Waals surface area contributed by atoms with Crippen LogP contribution in [0.2, 0.25) is 0 Å². The summed E-state index contributed by atoms with van der Waals surface area (Å²) in [6.07, 6.45) is 0. The topological polar surface area (TPSA) is 4.93 Å². The second-order valence-corrected chi connectivity index (χ2v) is 14.5. The van der Waals surface area contributed by atoms with Crippen LogP contribution in [0, 0.1) is 0 Å². The highest BCUT2D eigenvalue weighted by molar-refractivity contribution is 6.19. The van der Waals surface area contributed by atoms with Gasteiger partial charge >= 0.3 is 0 Å². The first kappa shape index (κ1) is 26.8. The molecule has 0 fully saturated rings. The second-order valence-electron chi connectivity index (χ2n) is 14.5. The molecular weight excluding hydrogens is 567 g/mol. The largest absolute Gasteiger partial charge is 0.307 e. The van der Waals surface area contributed by atoms with Crippen LogP contribution in [0.1, 0.15) is 49.9 Å². The monoisotopic (exact) mass is 601 g/mol. The molecule has 1 aromatic heterocycles. The number of hydrogen-bond acceptors (Lipinski definition) is 0. The Bertz CT molecular complexity index is 2490. The number of fused-ring (bicyclic) bond motifs is 10. The predicted octanol–water partition coefficient (Wildman–Crippen LogP) is 12.2. The van der Waals surface area contributed by atoms with Crippen LogP contribution in [0.15, 0.2) is 140 Å². The molecule has 0 spiro atoms. The third-order valence-corrected chi connectivity index (χ3v) is 11.3. The molecule has 1 heteroatoms. The molecule has 0 radical (unpaired) electrons. The van der Waals surface area contributed by atoms with E-state index in [4.69, 9.17) is 0 Å². The van der Waals surface area contributed by atoms with Crippen molar-refractivity contribution in [3.8, 4) is 39.3 Å². The van der Waals surface area contributed by atoms with Gasteiger partial charge in [-0.3, -0.25) is 0 Å². The van der Waals surface area contributed by atoms with Crippen molar-refractivity contribution >= 4 is 32.3 Å². The summed E-state index contributed by atoms with van der Waals surface area (Å²) in [4.78, 5) is 0. The SMILES string of the molecule is CC1(C)c2ccccc2-c2c1c1c(n2-c2c3ccccc3c(-c3ccc4ccccc4c3)c3ccccc23)-c2ccccc2C1(C)C. The van der Waals surface area contributed by atoms with Gasteiger partial charge in [0.15, 0.2) is 0 Å². The smallest absolute Gasteiger partial charge is 0.0619 e. The molecular formula is C46H35N. The van der Waals surface area contributed by atoms with Crippen LogP contribution in [-0.2, 0) is 10.8 Å². The molecule has 0 aliphatic heterocycles. The molecule has 2 aliphatic carbocycles. The van der Waals surface area contributed by atoms with E-state index in [9.17, 15) is 0 Å². The van der Waals surface area contributed by atoms with Crippen molar-refractivity contribution in [1.29, 1.82) is 0 Å². The van der Waals surface area contributed by atoms with Crippen molar-refractivity contribution in [3.63, 3.8) is 0 Å². The number of aromatic nitrogens is 1. The maximum atomic E-state index is 2.68. The average Bonchev–Trinajstić information content (AvgIpc) is 3.66. The Kier molecular flexibility index (Phi) is 5.19. The fourth-order valence-corrected chi connectivity index (χ4v) is 9.26. The van der Waals surface area contributed by atoms with Crippen molar-refractivity contribution in [1.82, 2.24) is 4.57 Å². The Hall–Kier alpha value is -5.40. The fourth-order valence-electron chi connectivity index (χ4n) is 9.26. The Morgan fingerprint density at radius 1 is 0.426 bits per heavy atom. The maximum absolute atomic E-state index is 2.68.